The maximum absolute atomic E-state index is 9.42. The van der Waals surface area contributed by atoms with Crippen LogP contribution in [0.25, 0.3) is 0 Å². The topological polar surface area (TPSA) is 41.5 Å². The minimum atomic E-state index is 0.264. The van der Waals surface area contributed by atoms with Gasteiger partial charge >= 0.3 is 0 Å². The molecule has 3 rings (SSSR count). The first-order valence-corrected chi connectivity index (χ1v) is 7.20. The molecule has 0 bridgehead atoms. The van der Waals surface area contributed by atoms with Gasteiger partial charge in [-0.3, -0.25) is 0 Å². The Kier molecular flexibility index (Phi) is 3.74. The van der Waals surface area contributed by atoms with Crippen molar-refractivity contribution in [3.8, 4) is 11.5 Å². The number of phenolic OH excluding ortho intramolecular Hbond substituents is 1. The van der Waals surface area contributed by atoms with Crippen LogP contribution < -0.4 is 10.1 Å². The van der Waals surface area contributed by atoms with E-state index in [1.807, 2.05) is 6.07 Å². The summed E-state index contributed by atoms with van der Waals surface area (Å²) in [5.41, 5.74) is 2.76. The molecule has 1 aromatic carbocycles. The van der Waals surface area contributed by atoms with Crippen LogP contribution in [-0.4, -0.2) is 18.3 Å². The molecule has 3 heteroatoms. The summed E-state index contributed by atoms with van der Waals surface area (Å²) in [5.74, 6) is 1.08. The number of hydrogen-bond acceptors (Lipinski definition) is 3. The molecule has 19 heavy (non-hydrogen) atoms. The van der Waals surface area contributed by atoms with Crippen LogP contribution in [0.2, 0.25) is 0 Å². The second-order valence-electron chi connectivity index (χ2n) is 5.40. The largest absolute Gasteiger partial charge is 0.508 e. The predicted molar refractivity (Wildman–Crippen MR) is 75.5 cm³/mol. The lowest BCUT2D eigenvalue weighted by molar-refractivity contribution is 0.311. The smallest absolute Gasteiger partial charge is 0.127 e. The minimum absolute atomic E-state index is 0.264. The fraction of sp³-hybridized carbons (Fsp3) is 0.500. The number of benzene rings is 1. The van der Waals surface area contributed by atoms with Crippen LogP contribution in [0.15, 0.2) is 29.8 Å². The van der Waals surface area contributed by atoms with Crippen molar-refractivity contribution >= 4 is 0 Å². The molecule has 2 aliphatic rings. The predicted octanol–water partition coefficient (Wildman–Crippen LogP) is 3.31. The van der Waals surface area contributed by atoms with Crippen molar-refractivity contribution in [2.45, 2.75) is 38.1 Å². The van der Waals surface area contributed by atoms with E-state index in [0.29, 0.717) is 6.61 Å². The molecule has 0 saturated carbocycles. The Morgan fingerprint density at radius 2 is 2.26 bits per heavy atom. The zero-order valence-electron chi connectivity index (χ0n) is 11.2. The third kappa shape index (κ3) is 2.92. The molecule has 1 aliphatic carbocycles. The first-order chi connectivity index (χ1) is 9.33. The number of rotatable bonds is 4. The van der Waals surface area contributed by atoms with Crippen molar-refractivity contribution in [1.82, 2.24) is 5.32 Å². The van der Waals surface area contributed by atoms with E-state index in [0.717, 1.165) is 24.3 Å². The van der Waals surface area contributed by atoms with E-state index in [1.165, 1.54) is 25.7 Å². The van der Waals surface area contributed by atoms with Crippen molar-refractivity contribution < 1.29 is 9.84 Å². The van der Waals surface area contributed by atoms with Gasteiger partial charge in [0.2, 0.25) is 0 Å². The Morgan fingerprint density at radius 3 is 3.11 bits per heavy atom. The quantitative estimate of drug-likeness (QED) is 0.815. The lowest BCUT2D eigenvalue weighted by Gasteiger charge is -2.15. The number of aromatic hydroxyl groups is 1. The minimum Gasteiger partial charge on any atom is -0.508 e. The molecule has 0 amide bonds. The standard InChI is InChI=1S/C16H21NO2/c18-13-6-7-14-15(11-19-16(14)10-13)17-9-8-12-4-2-1-3-5-12/h4,6-7,10,15,17-18H,1-3,5,8-9,11H2. The molecular weight excluding hydrogens is 238 g/mol. The summed E-state index contributed by atoms with van der Waals surface area (Å²) in [6.45, 7) is 1.66. The summed E-state index contributed by atoms with van der Waals surface area (Å²) in [6, 6.07) is 5.64. The molecule has 0 saturated heterocycles. The maximum atomic E-state index is 9.42. The average Bonchev–Trinajstić information content (AvgIpc) is 2.82. The number of nitrogens with one attached hydrogen (secondary N) is 1. The van der Waals surface area contributed by atoms with Gasteiger partial charge in [-0.2, -0.15) is 0 Å². The van der Waals surface area contributed by atoms with Crippen LogP contribution in [0.1, 0.15) is 43.7 Å². The van der Waals surface area contributed by atoms with Gasteiger partial charge in [-0.05, 0) is 50.8 Å². The first-order valence-electron chi connectivity index (χ1n) is 7.20. The van der Waals surface area contributed by atoms with Crippen molar-refractivity contribution in [2.24, 2.45) is 0 Å². The monoisotopic (exact) mass is 259 g/mol. The number of hydrogen-bond donors (Lipinski definition) is 2. The van der Waals surface area contributed by atoms with Gasteiger partial charge in [-0.1, -0.05) is 11.6 Å². The summed E-state index contributed by atoms with van der Waals surface area (Å²) < 4.78 is 5.60. The zero-order chi connectivity index (χ0) is 13.1. The summed E-state index contributed by atoms with van der Waals surface area (Å²) in [6.07, 6.45) is 8.77. The van der Waals surface area contributed by atoms with Crippen molar-refractivity contribution in [3.05, 3.63) is 35.4 Å². The summed E-state index contributed by atoms with van der Waals surface area (Å²) in [4.78, 5) is 0. The molecule has 102 valence electrons. The first kappa shape index (κ1) is 12.5. The molecule has 1 unspecified atom stereocenters. The number of ether oxygens (including phenoxy) is 1. The highest BCUT2D eigenvalue weighted by Gasteiger charge is 2.23. The Morgan fingerprint density at radius 1 is 1.32 bits per heavy atom. The highest BCUT2D eigenvalue weighted by atomic mass is 16.5. The second-order valence-corrected chi connectivity index (χ2v) is 5.40. The van der Waals surface area contributed by atoms with Crippen molar-refractivity contribution in [1.29, 1.82) is 0 Å². The van der Waals surface area contributed by atoms with E-state index >= 15 is 0 Å². The van der Waals surface area contributed by atoms with E-state index in [1.54, 1.807) is 17.7 Å². The van der Waals surface area contributed by atoms with Gasteiger partial charge in [-0.25, -0.2) is 0 Å². The highest BCUT2D eigenvalue weighted by Crippen LogP contribution is 2.34. The van der Waals surface area contributed by atoms with Crippen LogP contribution in [0.5, 0.6) is 11.5 Å². The van der Waals surface area contributed by atoms with Crippen LogP contribution in [-0.2, 0) is 0 Å². The van der Waals surface area contributed by atoms with Gasteiger partial charge in [0.15, 0.2) is 0 Å². The fourth-order valence-corrected chi connectivity index (χ4v) is 2.91. The van der Waals surface area contributed by atoms with Crippen LogP contribution in [0, 0.1) is 0 Å². The van der Waals surface area contributed by atoms with E-state index in [2.05, 4.69) is 11.4 Å². The zero-order valence-corrected chi connectivity index (χ0v) is 11.2. The molecular formula is C16H21NO2. The normalized spacial score (nSPS) is 21.7. The molecule has 0 aromatic heterocycles. The van der Waals surface area contributed by atoms with Gasteiger partial charge in [0.05, 0.1) is 6.04 Å². The second kappa shape index (κ2) is 5.66. The molecule has 1 atom stereocenters. The lowest BCUT2D eigenvalue weighted by Crippen LogP contribution is -2.24. The Bertz CT molecular complexity index is 482. The molecule has 0 spiro atoms. The third-order valence-corrected chi connectivity index (χ3v) is 4.00. The third-order valence-electron chi connectivity index (χ3n) is 4.00. The van der Waals surface area contributed by atoms with Crippen molar-refractivity contribution in [3.63, 3.8) is 0 Å². The SMILES string of the molecule is Oc1ccc2c(c1)OCC2NCCC1=CCCCC1. The van der Waals surface area contributed by atoms with Crippen molar-refractivity contribution in [2.75, 3.05) is 13.2 Å². The van der Waals surface area contributed by atoms with Gasteiger partial charge in [0.25, 0.3) is 0 Å². The summed E-state index contributed by atoms with van der Waals surface area (Å²) >= 11 is 0. The molecule has 2 N–H and O–H groups in total. The molecule has 1 heterocycles. The molecule has 1 aromatic rings. The number of fused-ring (bicyclic) bond motifs is 1. The number of phenols is 1. The average molecular weight is 259 g/mol. The summed E-state index contributed by atoms with van der Waals surface area (Å²) in [7, 11) is 0. The van der Waals surface area contributed by atoms with E-state index < -0.39 is 0 Å². The van der Waals surface area contributed by atoms with Gasteiger partial charge < -0.3 is 15.2 Å². The van der Waals surface area contributed by atoms with Gasteiger partial charge in [0, 0.05) is 11.6 Å². The molecule has 3 nitrogen and oxygen atoms in total. The van der Waals surface area contributed by atoms with E-state index in [4.69, 9.17) is 4.74 Å². The Hall–Kier alpha value is -1.48. The maximum Gasteiger partial charge on any atom is 0.127 e. The Balaban J connectivity index is 1.53. The molecule has 1 aliphatic heterocycles. The van der Waals surface area contributed by atoms with E-state index in [-0.39, 0.29) is 11.8 Å². The molecule has 0 radical (unpaired) electrons. The lowest BCUT2D eigenvalue weighted by atomic mass is 9.97. The van der Waals surface area contributed by atoms with Crippen LogP contribution >= 0.6 is 0 Å². The van der Waals surface area contributed by atoms with Crippen LogP contribution in [0.4, 0.5) is 0 Å². The molecule has 0 fully saturated rings. The van der Waals surface area contributed by atoms with Gasteiger partial charge in [-0.15, -0.1) is 0 Å². The summed E-state index contributed by atoms with van der Waals surface area (Å²) in [5, 5.41) is 13.0. The van der Waals surface area contributed by atoms with E-state index in [9.17, 15) is 5.11 Å². The van der Waals surface area contributed by atoms with Crippen LogP contribution in [0.3, 0.4) is 0 Å². The Labute approximate surface area is 114 Å². The number of allylic oxidation sites excluding steroid dienone is 1. The fourth-order valence-electron chi connectivity index (χ4n) is 2.91. The van der Waals surface area contributed by atoms with Gasteiger partial charge in [0.1, 0.15) is 18.1 Å². The highest BCUT2D eigenvalue weighted by molar-refractivity contribution is 5.44.